The second kappa shape index (κ2) is 9.89. The number of carbonyl (C=O) groups is 2. The van der Waals surface area contributed by atoms with E-state index < -0.39 is 28.9 Å². The number of rotatable bonds is 9. The van der Waals surface area contributed by atoms with Crippen molar-refractivity contribution in [2.24, 2.45) is 21.6 Å². The predicted octanol–water partition coefficient (Wildman–Crippen LogP) is -2.13. The van der Waals surface area contributed by atoms with Gasteiger partial charge < -0.3 is 22.1 Å². The van der Waals surface area contributed by atoms with E-state index >= 15 is 0 Å². The molecule has 0 aliphatic carbocycles. The van der Waals surface area contributed by atoms with Gasteiger partial charge in [0.15, 0.2) is 5.03 Å². The second-order valence-electron chi connectivity index (χ2n) is 5.30. The highest BCUT2D eigenvalue weighted by molar-refractivity contribution is 5.89. The fourth-order valence-electron chi connectivity index (χ4n) is 2.26. The van der Waals surface area contributed by atoms with Gasteiger partial charge in [-0.3, -0.25) is 9.59 Å². The molecule has 2 amide bonds. The minimum Gasteiger partial charge on any atom is -0.368 e. The molecule has 14 heteroatoms. The van der Waals surface area contributed by atoms with Gasteiger partial charge in [0.2, 0.25) is 11.8 Å². The van der Waals surface area contributed by atoms with Gasteiger partial charge in [-0.2, -0.15) is 0 Å². The zero-order chi connectivity index (χ0) is 18.8. The summed E-state index contributed by atoms with van der Waals surface area (Å²) in [5, 5.41) is 18.3. The highest BCUT2D eigenvalue weighted by Gasteiger charge is 2.30. The highest BCUT2D eigenvalue weighted by Crippen LogP contribution is 2.11. The topological polar surface area (TPSA) is 227 Å². The van der Waals surface area contributed by atoms with Crippen molar-refractivity contribution < 1.29 is 14.6 Å². The number of nitro groups is 1. The molecular weight excluding hydrogens is 336 g/mol. The van der Waals surface area contributed by atoms with Gasteiger partial charge >= 0.3 is 0 Å². The number of azide groups is 1. The number of guanidine groups is 1. The van der Waals surface area contributed by atoms with Gasteiger partial charge in [0.05, 0.1) is 12.1 Å². The van der Waals surface area contributed by atoms with Gasteiger partial charge in [0.1, 0.15) is 6.04 Å². The molecular formula is C11H20N10O4. The molecule has 0 aromatic carbocycles. The largest absolute Gasteiger partial charge is 0.368 e. The van der Waals surface area contributed by atoms with Gasteiger partial charge in [-0.1, -0.05) is 10.5 Å². The zero-order valence-electron chi connectivity index (χ0n) is 13.3. The van der Waals surface area contributed by atoms with E-state index in [1.54, 1.807) is 5.43 Å². The van der Waals surface area contributed by atoms with Crippen LogP contribution in [0.1, 0.15) is 19.3 Å². The minimum atomic E-state index is -0.910. The number of hydrogen-bond donors (Lipinski definition) is 5. The first-order chi connectivity index (χ1) is 11.8. The summed E-state index contributed by atoms with van der Waals surface area (Å²) < 4.78 is 0. The van der Waals surface area contributed by atoms with E-state index in [4.69, 9.17) is 17.0 Å². The SMILES string of the molecule is [N-]=[N+]=N[C@H]1CNC(C(=O)N[C@@H](CCCN=C(N)N[N+](=O)[O-])C(N)=O)C1. The lowest BCUT2D eigenvalue weighted by Gasteiger charge is -2.18. The first-order valence-electron chi connectivity index (χ1n) is 7.41. The number of hydrogen-bond acceptors (Lipinski definition) is 7. The zero-order valence-corrected chi connectivity index (χ0v) is 13.3. The van der Waals surface area contributed by atoms with E-state index in [1.165, 1.54) is 0 Å². The third-order valence-electron chi connectivity index (χ3n) is 3.44. The van der Waals surface area contributed by atoms with Crippen LogP contribution in [0.2, 0.25) is 0 Å². The minimum absolute atomic E-state index is 0.118. The lowest BCUT2D eigenvalue weighted by molar-refractivity contribution is -0.525. The normalized spacial score (nSPS) is 21.0. The van der Waals surface area contributed by atoms with E-state index in [1.807, 2.05) is 0 Å². The fourth-order valence-corrected chi connectivity index (χ4v) is 2.26. The summed E-state index contributed by atoms with van der Waals surface area (Å²) in [6.07, 6.45) is 0.852. The molecule has 0 aromatic rings. The molecule has 14 nitrogen and oxygen atoms in total. The number of nitrogens with zero attached hydrogens (tertiary/aromatic N) is 5. The Balaban J connectivity index is 2.44. The standard InChI is InChI=1S/C11H20N10O4/c12-9(22)7(2-1-3-15-11(13)19-21(24)25)17-10(23)8-4-6(5-16-8)18-20-14/h6-8,16H,1-5H2,(H2,12,22)(H,17,23)(H3,13,15,19)/t6-,7+,8?/m1/s1. The van der Waals surface area contributed by atoms with Crippen LogP contribution in [0.25, 0.3) is 10.4 Å². The van der Waals surface area contributed by atoms with Crippen molar-refractivity contribution >= 4 is 17.8 Å². The van der Waals surface area contributed by atoms with Crippen molar-refractivity contribution in [3.8, 4) is 0 Å². The molecule has 0 aromatic heterocycles. The van der Waals surface area contributed by atoms with Crippen molar-refractivity contribution in [1.82, 2.24) is 16.1 Å². The second-order valence-corrected chi connectivity index (χ2v) is 5.30. The summed E-state index contributed by atoms with van der Waals surface area (Å²) in [4.78, 5) is 40.1. The smallest absolute Gasteiger partial charge is 0.251 e. The van der Waals surface area contributed by atoms with Crippen LogP contribution in [-0.4, -0.2) is 54.0 Å². The molecule has 138 valence electrons. The van der Waals surface area contributed by atoms with Gasteiger partial charge in [-0.25, -0.2) is 15.1 Å². The van der Waals surface area contributed by atoms with Crippen LogP contribution in [-0.2, 0) is 9.59 Å². The number of primary amides is 1. The fraction of sp³-hybridized carbons (Fsp3) is 0.727. The van der Waals surface area contributed by atoms with Crippen molar-refractivity contribution in [1.29, 1.82) is 0 Å². The Hall–Kier alpha value is -3.12. The molecule has 1 aliphatic rings. The Morgan fingerprint density at radius 3 is 2.80 bits per heavy atom. The van der Waals surface area contributed by atoms with Crippen molar-refractivity contribution in [2.45, 2.75) is 37.4 Å². The molecule has 1 aliphatic heterocycles. The van der Waals surface area contributed by atoms with Crippen LogP contribution in [0, 0.1) is 10.1 Å². The Labute approximate surface area is 142 Å². The predicted molar refractivity (Wildman–Crippen MR) is 86.3 cm³/mol. The maximum absolute atomic E-state index is 12.1. The first-order valence-corrected chi connectivity index (χ1v) is 7.41. The number of nitrogens with two attached hydrogens (primary N) is 2. The lowest BCUT2D eigenvalue weighted by Crippen LogP contribution is -2.50. The average Bonchev–Trinajstić information content (AvgIpc) is 2.98. The number of aliphatic imine (C=N–C) groups is 1. The van der Waals surface area contributed by atoms with E-state index in [2.05, 4.69) is 25.7 Å². The molecule has 0 radical (unpaired) electrons. The summed E-state index contributed by atoms with van der Waals surface area (Å²) in [5.41, 5.74) is 20.6. The molecule has 0 spiro atoms. The molecule has 1 unspecified atom stereocenters. The monoisotopic (exact) mass is 356 g/mol. The van der Waals surface area contributed by atoms with Gasteiger partial charge in [-0.15, -0.1) is 0 Å². The van der Waals surface area contributed by atoms with E-state index in [0.29, 0.717) is 19.4 Å². The summed E-state index contributed by atoms with van der Waals surface area (Å²) in [5.74, 6) is -1.49. The summed E-state index contributed by atoms with van der Waals surface area (Å²) in [6.45, 7) is 0.494. The van der Waals surface area contributed by atoms with Crippen molar-refractivity contribution in [3.05, 3.63) is 20.6 Å². The van der Waals surface area contributed by atoms with Crippen LogP contribution < -0.4 is 27.5 Å². The number of nitrogens with one attached hydrogen (secondary N) is 3. The quantitative estimate of drug-likeness (QED) is 0.0450. The Morgan fingerprint density at radius 1 is 1.48 bits per heavy atom. The van der Waals surface area contributed by atoms with Crippen LogP contribution in [0.4, 0.5) is 0 Å². The van der Waals surface area contributed by atoms with E-state index in [-0.39, 0.29) is 25.0 Å². The Kier molecular flexibility index (Phi) is 7.89. The molecule has 0 bridgehead atoms. The number of carbonyl (C=O) groups excluding carboxylic acids is 2. The Morgan fingerprint density at radius 2 is 2.20 bits per heavy atom. The van der Waals surface area contributed by atoms with E-state index in [0.717, 1.165) is 0 Å². The van der Waals surface area contributed by atoms with Gasteiger partial charge in [0.25, 0.3) is 5.96 Å². The maximum Gasteiger partial charge on any atom is 0.251 e. The number of amides is 2. The summed E-state index contributed by atoms with van der Waals surface area (Å²) in [6, 6.07) is -1.80. The summed E-state index contributed by atoms with van der Waals surface area (Å²) >= 11 is 0. The number of hydrazine groups is 1. The van der Waals surface area contributed by atoms with Gasteiger partial charge in [0, 0.05) is 18.0 Å². The van der Waals surface area contributed by atoms with Crippen molar-refractivity contribution in [2.75, 3.05) is 13.1 Å². The van der Waals surface area contributed by atoms with Crippen LogP contribution in [0.15, 0.2) is 10.1 Å². The Bertz CT molecular complexity index is 587. The van der Waals surface area contributed by atoms with E-state index in [9.17, 15) is 19.7 Å². The van der Waals surface area contributed by atoms with Crippen LogP contribution in [0.5, 0.6) is 0 Å². The maximum atomic E-state index is 12.1. The third-order valence-corrected chi connectivity index (χ3v) is 3.44. The summed E-state index contributed by atoms with van der Waals surface area (Å²) in [7, 11) is 0. The molecule has 25 heavy (non-hydrogen) atoms. The van der Waals surface area contributed by atoms with Gasteiger partial charge in [-0.05, 0) is 24.8 Å². The molecule has 1 heterocycles. The molecule has 7 N–H and O–H groups in total. The lowest BCUT2D eigenvalue weighted by atomic mass is 10.1. The first kappa shape index (κ1) is 19.9. The molecule has 0 saturated carbocycles. The molecule has 1 saturated heterocycles. The molecule has 3 atom stereocenters. The highest BCUT2D eigenvalue weighted by atomic mass is 16.7. The molecule has 1 fully saturated rings. The van der Waals surface area contributed by atoms with Crippen molar-refractivity contribution in [3.63, 3.8) is 0 Å². The average molecular weight is 356 g/mol. The van der Waals surface area contributed by atoms with Crippen LogP contribution >= 0.6 is 0 Å². The van der Waals surface area contributed by atoms with Crippen LogP contribution in [0.3, 0.4) is 0 Å². The molecule has 1 rings (SSSR count). The third kappa shape index (κ3) is 7.32.